The predicted molar refractivity (Wildman–Crippen MR) is 95.4 cm³/mol. The molecule has 1 N–H and O–H groups in total. The smallest absolute Gasteiger partial charge is 0.264 e. The van der Waals surface area contributed by atoms with Crippen LogP contribution in [0, 0.1) is 0 Å². The summed E-state index contributed by atoms with van der Waals surface area (Å²) in [6.07, 6.45) is 3.42. The molecule has 3 rings (SSSR count). The van der Waals surface area contributed by atoms with E-state index in [9.17, 15) is 9.59 Å². The lowest BCUT2D eigenvalue weighted by atomic mass is 10.2. The number of carbonyl (C=O) groups is 2. The van der Waals surface area contributed by atoms with Crippen LogP contribution in [0.1, 0.15) is 30.1 Å². The summed E-state index contributed by atoms with van der Waals surface area (Å²) in [4.78, 5) is 30.7. The highest BCUT2D eigenvalue weighted by molar-refractivity contribution is 6.31. The number of ether oxygens (including phenoxy) is 1. The molecule has 1 aromatic carbocycles. The number of nitrogens with zero attached hydrogens (tertiary/aromatic N) is 2. The molecule has 2 aromatic rings. The van der Waals surface area contributed by atoms with Crippen molar-refractivity contribution in [1.82, 2.24) is 10.3 Å². The minimum absolute atomic E-state index is 0.117. The van der Waals surface area contributed by atoms with Crippen molar-refractivity contribution >= 4 is 29.1 Å². The number of hydrogen-bond donors (Lipinski definition) is 1. The van der Waals surface area contributed by atoms with Gasteiger partial charge >= 0.3 is 0 Å². The molecule has 2 amide bonds. The molecule has 0 spiro atoms. The van der Waals surface area contributed by atoms with Gasteiger partial charge in [0.15, 0.2) is 5.75 Å². The molecule has 7 heteroatoms. The average molecular weight is 360 g/mol. The quantitative estimate of drug-likeness (QED) is 0.830. The first kappa shape index (κ1) is 17.2. The third-order valence-electron chi connectivity index (χ3n) is 3.82. The van der Waals surface area contributed by atoms with Crippen molar-refractivity contribution in [2.45, 2.75) is 19.8 Å². The van der Waals surface area contributed by atoms with Crippen LogP contribution in [0.2, 0.25) is 5.02 Å². The molecule has 0 unspecified atom stereocenters. The molecule has 0 saturated heterocycles. The lowest BCUT2D eigenvalue weighted by Gasteiger charge is -2.21. The van der Waals surface area contributed by atoms with Gasteiger partial charge in [-0.2, -0.15) is 0 Å². The normalized spacial score (nSPS) is 12.7. The second-order valence-electron chi connectivity index (χ2n) is 5.67. The van der Waals surface area contributed by atoms with Crippen LogP contribution >= 0.6 is 11.6 Å². The van der Waals surface area contributed by atoms with Crippen molar-refractivity contribution in [3.05, 3.63) is 47.1 Å². The van der Waals surface area contributed by atoms with Crippen LogP contribution in [-0.2, 0) is 4.79 Å². The van der Waals surface area contributed by atoms with Crippen LogP contribution in [0.15, 0.2) is 36.5 Å². The highest BCUT2D eigenvalue weighted by atomic mass is 35.5. The van der Waals surface area contributed by atoms with E-state index in [0.717, 1.165) is 12.8 Å². The van der Waals surface area contributed by atoms with E-state index >= 15 is 0 Å². The van der Waals surface area contributed by atoms with Gasteiger partial charge in [0.2, 0.25) is 11.8 Å². The number of nitrogens with one attached hydrogen (secondary N) is 1. The number of carbonyl (C=O) groups excluding carboxylic acids is 2. The first-order valence-electron chi connectivity index (χ1n) is 8.11. The van der Waals surface area contributed by atoms with Crippen LogP contribution in [0.5, 0.6) is 11.6 Å². The maximum absolute atomic E-state index is 13.0. The standard InChI is InChI=1S/C18H18ClN3O3/c1-2-3-8-20-16(23)11-22-14-10-12(19)6-7-15(14)25-17-13(18(22)24)5-4-9-21-17/h4-7,9-10H,2-3,8,11H2,1H3,(H,20,23). The Bertz CT molecular complexity index is 810. The summed E-state index contributed by atoms with van der Waals surface area (Å²) in [7, 11) is 0. The van der Waals surface area contributed by atoms with Crippen molar-refractivity contribution in [3.63, 3.8) is 0 Å². The van der Waals surface area contributed by atoms with E-state index in [4.69, 9.17) is 16.3 Å². The van der Waals surface area contributed by atoms with Gasteiger partial charge in [-0.25, -0.2) is 4.98 Å². The van der Waals surface area contributed by atoms with Gasteiger partial charge in [0.05, 0.1) is 5.69 Å². The van der Waals surface area contributed by atoms with E-state index in [1.165, 1.54) is 4.90 Å². The second-order valence-corrected chi connectivity index (χ2v) is 6.10. The minimum Gasteiger partial charge on any atom is -0.436 e. The van der Waals surface area contributed by atoms with Crippen molar-refractivity contribution in [2.24, 2.45) is 0 Å². The van der Waals surface area contributed by atoms with Gasteiger partial charge < -0.3 is 10.1 Å². The second kappa shape index (κ2) is 7.53. The Morgan fingerprint density at radius 3 is 3.00 bits per heavy atom. The third-order valence-corrected chi connectivity index (χ3v) is 4.05. The molecule has 1 aliphatic heterocycles. The fraction of sp³-hybridized carbons (Fsp3) is 0.278. The zero-order valence-electron chi connectivity index (χ0n) is 13.8. The topological polar surface area (TPSA) is 71.5 Å². The van der Waals surface area contributed by atoms with Gasteiger partial charge in [0.25, 0.3) is 5.91 Å². The van der Waals surface area contributed by atoms with Gasteiger partial charge in [-0.1, -0.05) is 24.9 Å². The largest absolute Gasteiger partial charge is 0.436 e. The van der Waals surface area contributed by atoms with Crippen molar-refractivity contribution in [2.75, 3.05) is 18.0 Å². The molecular weight excluding hydrogens is 342 g/mol. The lowest BCUT2D eigenvalue weighted by Crippen LogP contribution is -2.40. The number of anilines is 1. The minimum atomic E-state index is -0.352. The van der Waals surface area contributed by atoms with E-state index < -0.39 is 0 Å². The molecule has 6 nitrogen and oxygen atoms in total. The molecule has 1 aromatic heterocycles. The predicted octanol–water partition coefficient (Wildman–Crippen LogP) is 3.40. The molecule has 25 heavy (non-hydrogen) atoms. The third kappa shape index (κ3) is 3.74. The maximum Gasteiger partial charge on any atom is 0.264 e. The molecule has 0 radical (unpaired) electrons. The number of fused-ring (bicyclic) bond motifs is 2. The molecule has 0 atom stereocenters. The fourth-order valence-corrected chi connectivity index (χ4v) is 2.71. The number of rotatable bonds is 5. The van der Waals surface area contributed by atoms with Crippen LogP contribution in [0.3, 0.4) is 0 Å². The summed E-state index contributed by atoms with van der Waals surface area (Å²) in [5.74, 6) is 0.0522. The number of amides is 2. The van der Waals surface area contributed by atoms with Crippen molar-refractivity contribution in [1.29, 1.82) is 0 Å². The van der Waals surface area contributed by atoms with Gasteiger partial charge in [0.1, 0.15) is 12.1 Å². The molecule has 0 bridgehead atoms. The molecule has 0 fully saturated rings. The Morgan fingerprint density at radius 1 is 1.36 bits per heavy atom. The number of benzene rings is 1. The Balaban J connectivity index is 1.96. The Morgan fingerprint density at radius 2 is 2.20 bits per heavy atom. The highest BCUT2D eigenvalue weighted by Gasteiger charge is 2.30. The van der Waals surface area contributed by atoms with Crippen molar-refractivity contribution in [3.8, 4) is 11.6 Å². The molecule has 0 aliphatic carbocycles. The Hall–Kier alpha value is -2.60. The number of hydrogen-bond acceptors (Lipinski definition) is 4. The maximum atomic E-state index is 13.0. The van der Waals surface area contributed by atoms with Gasteiger partial charge in [-0.15, -0.1) is 0 Å². The van der Waals surface area contributed by atoms with Crippen LogP contribution in [-0.4, -0.2) is 29.9 Å². The molecule has 2 heterocycles. The van der Waals surface area contributed by atoms with E-state index in [2.05, 4.69) is 10.3 Å². The van der Waals surface area contributed by atoms with Crippen molar-refractivity contribution < 1.29 is 14.3 Å². The van der Waals surface area contributed by atoms with Gasteiger partial charge in [-0.05, 0) is 36.8 Å². The van der Waals surface area contributed by atoms with Gasteiger partial charge in [-0.3, -0.25) is 14.5 Å². The van der Waals surface area contributed by atoms with Gasteiger partial charge in [0, 0.05) is 17.8 Å². The molecule has 1 aliphatic rings. The Kier molecular flexibility index (Phi) is 5.19. The highest BCUT2D eigenvalue weighted by Crippen LogP contribution is 2.39. The average Bonchev–Trinajstić information content (AvgIpc) is 2.71. The van der Waals surface area contributed by atoms with Crippen LogP contribution in [0.4, 0.5) is 5.69 Å². The molecular formula is C18H18ClN3O3. The van der Waals surface area contributed by atoms with E-state index in [1.54, 1.807) is 36.5 Å². The summed E-state index contributed by atoms with van der Waals surface area (Å²) in [6.45, 7) is 2.51. The zero-order chi connectivity index (χ0) is 17.8. The summed E-state index contributed by atoms with van der Waals surface area (Å²) in [6, 6.07) is 8.22. The number of halogens is 1. The summed E-state index contributed by atoms with van der Waals surface area (Å²) < 4.78 is 5.77. The molecule has 130 valence electrons. The number of pyridine rings is 1. The van der Waals surface area contributed by atoms with E-state index in [1.807, 2.05) is 6.92 Å². The Labute approximate surface area is 150 Å². The van der Waals surface area contributed by atoms with E-state index in [0.29, 0.717) is 28.6 Å². The van der Waals surface area contributed by atoms with Crippen LogP contribution < -0.4 is 15.0 Å². The lowest BCUT2D eigenvalue weighted by molar-refractivity contribution is -0.119. The summed E-state index contributed by atoms with van der Waals surface area (Å²) in [5, 5.41) is 3.27. The summed E-state index contributed by atoms with van der Waals surface area (Å²) >= 11 is 6.08. The number of aromatic nitrogens is 1. The summed E-state index contributed by atoms with van der Waals surface area (Å²) in [5.41, 5.74) is 0.748. The number of unbranched alkanes of at least 4 members (excludes halogenated alkanes) is 1. The van der Waals surface area contributed by atoms with E-state index in [-0.39, 0.29) is 24.2 Å². The fourth-order valence-electron chi connectivity index (χ4n) is 2.54. The zero-order valence-corrected chi connectivity index (χ0v) is 14.5. The SMILES string of the molecule is CCCCNC(=O)CN1C(=O)c2cccnc2Oc2ccc(Cl)cc21. The molecule has 0 saturated carbocycles. The van der Waals surface area contributed by atoms with Crippen LogP contribution in [0.25, 0.3) is 0 Å². The monoisotopic (exact) mass is 359 g/mol. The first-order chi connectivity index (χ1) is 12.1. The first-order valence-corrected chi connectivity index (χ1v) is 8.49.